The summed E-state index contributed by atoms with van der Waals surface area (Å²) >= 11 is 0. The number of ether oxygens (including phenoxy) is 1. The highest BCUT2D eigenvalue weighted by atomic mass is 16.5. The maximum atomic E-state index is 5.60. The van der Waals surface area contributed by atoms with Crippen LogP contribution in [0.1, 0.15) is 38.2 Å². The third kappa shape index (κ3) is 3.37. The summed E-state index contributed by atoms with van der Waals surface area (Å²) in [5, 5.41) is 3.83. The SMILES string of the molecule is CCNC(Cc1ccccc1)C1(N2CCOCC2)CCCC1. The molecule has 1 aromatic rings. The van der Waals surface area contributed by atoms with Crippen LogP contribution in [0.25, 0.3) is 0 Å². The molecule has 0 bridgehead atoms. The topological polar surface area (TPSA) is 24.5 Å². The molecule has 22 heavy (non-hydrogen) atoms. The van der Waals surface area contributed by atoms with Crippen molar-refractivity contribution in [3.8, 4) is 0 Å². The Kier molecular flexibility index (Phi) is 5.51. The Morgan fingerprint density at radius 1 is 1.14 bits per heavy atom. The highest BCUT2D eigenvalue weighted by molar-refractivity contribution is 5.18. The van der Waals surface area contributed by atoms with E-state index in [0.717, 1.165) is 39.3 Å². The van der Waals surface area contributed by atoms with E-state index in [4.69, 9.17) is 4.74 Å². The molecule has 3 heteroatoms. The molecule has 1 aliphatic carbocycles. The molecule has 1 saturated heterocycles. The standard InChI is InChI=1S/C19H30N2O/c1-2-20-18(16-17-8-4-3-5-9-17)19(10-6-7-11-19)21-12-14-22-15-13-21/h3-5,8-9,18,20H,2,6-7,10-16H2,1H3. The number of likely N-dealkylation sites (N-methyl/N-ethyl adjacent to an activating group) is 1. The van der Waals surface area contributed by atoms with Gasteiger partial charge in [-0.15, -0.1) is 0 Å². The molecular formula is C19H30N2O. The highest BCUT2D eigenvalue weighted by Crippen LogP contribution is 2.39. The Hall–Kier alpha value is -0.900. The first-order valence-electron chi connectivity index (χ1n) is 8.95. The van der Waals surface area contributed by atoms with Gasteiger partial charge in [0.15, 0.2) is 0 Å². The van der Waals surface area contributed by atoms with Crippen molar-refractivity contribution in [1.82, 2.24) is 10.2 Å². The van der Waals surface area contributed by atoms with Gasteiger partial charge in [-0.2, -0.15) is 0 Å². The number of rotatable bonds is 6. The average Bonchev–Trinajstić information content (AvgIpc) is 3.07. The van der Waals surface area contributed by atoms with E-state index in [-0.39, 0.29) is 0 Å². The zero-order valence-electron chi connectivity index (χ0n) is 13.9. The molecule has 1 aliphatic heterocycles. The van der Waals surface area contributed by atoms with E-state index in [1.165, 1.54) is 31.2 Å². The summed E-state index contributed by atoms with van der Waals surface area (Å²) in [5.41, 5.74) is 1.78. The van der Waals surface area contributed by atoms with Crippen molar-refractivity contribution in [2.75, 3.05) is 32.8 Å². The van der Waals surface area contributed by atoms with Gasteiger partial charge in [0.25, 0.3) is 0 Å². The van der Waals surface area contributed by atoms with Gasteiger partial charge < -0.3 is 10.1 Å². The Morgan fingerprint density at radius 3 is 2.45 bits per heavy atom. The first-order chi connectivity index (χ1) is 10.8. The van der Waals surface area contributed by atoms with E-state index >= 15 is 0 Å². The molecule has 1 saturated carbocycles. The van der Waals surface area contributed by atoms with Crippen LogP contribution < -0.4 is 5.32 Å². The van der Waals surface area contributed by atoms with Crippen molar-refractivity contribution in [1.29, 1.82) is 0 Å². The minimum Gasteiger partial charge on any atom is -0.379 e. The Morgan fingerprint density at radius 2 is 1.82 bits per heavy atom. The lowest BCUT2D eigenvalue weighted by atomic mass is 9.82. The largest absolute Gasteiger partial charge is 0.379 e. The van der Waals surface area contributed by atoms with Gasteiger partial charge >= 0.3 is 0 Å². The normalized spacial score (nSPS) is 23.5. The van der Waals surface area contributed by atoms with Crippen molar-refractivity contribution in [3.63, 3.8) is 0 Å². The number of morpholine rings is 1. The predicted octanol–water partition coefficient (Wildman–Crippen LogP) is 2.85. The molecule has 3 rings (SSSR count). The lowest BCUT2D eigenvalue weighted by molar-refractivity contribution is -0.0355. The summed E-state index contributed by atoms with van der Waals surface area (Å²) < 4.78 is 5.60. The van der Waals surface area contributed by atoms with E-state index in [1.807, 2.05) is 0 Å². The van der Waals surface area contributed by atoms with Crippen LogP contribution in [-0.4, -0.2) is 49.3 Å². The molecule has 1 unspecified atom stereocenters. The van der Waals surface area contributed by atoms with Crippen molar-refractivity contribution in [3.05, 3.63) is 35.9 Å². The number of hydrogen-bond acceptors (Lipinski definition) is 3. The maximum absolute atomic E-state index is 5.60. The second-order valence-corrected chi connectivity index (χ2v) is 6.71. The minimum absolute atomic E-state index is 0.329. The van der Waals surface area contributed by atoms with Gasteiger partial charge in [0, 0.05) is 24.7 Å². The predicted molar refractivity (Wildman–Crippen MR) is 91.2 cm³/mol. The molecule has 0 radical (unpaired) electrons. The number of hydrogen-bond donors (Lipinski definition) is 1. The smallest absolute Gasteiger partial charge is 0.0594 e. The fourth-order valence-electron chi connectivity index (χ4n) is 4.43. The number of benzene rings is 1. The Balaban J connectivity index is 1.82. The van der Waals surface area contributed by atoms with E-state index in [9.17, 15) is 0 Å². The molecule has 1 N–H and O–H groups in total. The van der Waals surface area contributed by atoms with Gasteiger partial charge in [0.1, 0.15) is 0 Å². The average molecular weight is 302 g/mol. The number of nitrogens with zero attached hydrogens (tertiary/aromatic N) is 1. The van der Waals surface area contributed by atoms with Crippen LogP contribution >= 0.6 is 0 Å². The summed E-state index contributed by atoms with van der Waals surface area (Å²) in [6.45, 7) is 7.26. The van der Waals surface area contributed by atoms with Crippen LogP contribution in [0.15, 0.2) is 30.3 Å². The monoisotopic (exact) mass is 302 g/mol. The van der Waals surface area contributed by atoms with Crippen LogP contribution in [0.4, 0.5) is 0 Å². The van der Waals surface area contributed by atoms with Crippen molar-refractivity contribution >= 4 is 0 Å². The molecule has 1 heterocycles. The maximum Gasteiger partial charge on any atom is 0.0594 e. The summed E-state index contributed by atoms with van der Waals surface area (Å²) in [7, 11) is 0. The van der Waals surface area contributed by atoms with Gasteiger partial charge in [-0.3, -0.25) is 4.90 Å². The van der Waals surface area contributed by atoms with Crippen LogP contribution in [0.2, 0.25) is 0 Å². The number of nitrogens with one attached hydrogen (secondary N) is 1. The van der Waals surface area contributed by atoms with Crippen molar-refractivity contribution in [2.45, 2.75) is 50.6 Å². The van der Waals surface area contributed by atoms with E-state index in [0.29, 0.717) is 11.6 Å². The first-order valence-corrected chi connectivity index (χ1v) is 8.95. The minimum atomic E-state index is 0.329. The molecule has 0 aromatic heterocycles. The summed E-state index contributed by atoms with van der Waals surface area (Å²) in [4.78, 5) is 2.74. The second-order valence-electron chi connectivity index (χ2n) is 6.71. The van der Waals surface area contributed by atoms with Gasteiger partial charge in [-0.05, 0) is 31.4 Å². The van der Waals surface area contributed by atoms with Crippen LogP contribution in [0, 0.1) is 0 Å². The van der Waals surface area contributed by atoms with Crippen molar-refractivity contribution in [2.24, 2.45) is 0 Å². The molecule has 3 nitrogen and oxygen atoms in total. The molecule has 122 valence electrons. The third-order valence-electron chi connectivity index (χ3n) is 5.49. The summed E-state index contributed by atoms with van der Waals surface area (Å²) in [5.74, 6) is 0. The van der Waals surface area contributed by atoms with E-state index in [1.54, 1.807) is 0 Å². The zero-order valence-corrected chi connectivity index (χ0v) is 13.9. The quantitative estimate of drug-likeness (QED) is 0.874. The lowest BCUT2D eigenvalue weighted by Crippen LogP contribution is -2.63. The second kappa shape index (κ2) is 7.58. The first kappa shape index (κ1) is 16.0. The van der Waals surface area contributed by atoms with Gasteiger partial charge in [-0.25, -0.2) is 0 Å². The highest BCUT2D eigenvalue weighted by Gasteiger charge is 2.45. The van der Waals surface area contributed by atoms with E-state index < -0.39 is 0 Å². The van der Waals surface area contributed by atoms with Crippen LogP contribution in [-0.2, 0) is 11.2 Å². The fourth-order valence-corrected chi connectivity index (χ4v) is 4.43. The summed E-state index contributed by atoms with van der Waals surface area (Å²) in [6.07, 6.45) is 6.53. The lowest BCUT2D eigenvalue weighted by Gasteiger charge is -2.48. The van der Waals surface area contributed by atoms with Crippen molar-refractivity contribution < 1.29 is 4.74 Å². The van der Waals surface area contributed by atoms with Crippen LogP contribution in [0.3, 0.4) is 0 Å². The van der Waals surface area contributed by atoms with Gasteiger partial charge in [0.05, 0.1) is 13.2 Å². The zero-order chi connectivity index (χ0) is 15.3. The van der Waals surface area contributed by atoms with Gasteiger partial charge in [-0.1, -0.05) is 50.1 Å². The Labute approximate surface area is 135 Å². The van der Waals surface area contributed by atoms with Crippen LogP contribution in [0.5, 0.6) is 0 Å². The van der Waals surface area contributed by atoms with E-state index in [2.05, 4.69) is 47.5 Å². The molecular weight excluding hydrogens is 272 g/mol. The fraction of sp³-hybridized carbons (Fsp3) is 0.684. The molecule has 1 aromatic carbocycles. The molecule has 2 aliphatic rings. The molecule has 0 spiro atoms. The third-order valence-corrected chi connectivity index (χ3v) is 5.49. The molecule has 2 fully saturated rings. The Bertz CT molecular complexity index is 436. The molecule has 0 amide bonds. The molecule has 1 atom stereocenters. The van der Waals surface area contributed by atoms with Gasteiger partial charge in [0.2, 0.25) is 0 Å². The summed E-state index contributed by atoms with van der Waals surface area (Å²) in [6, 6.07) is 11.5.